The van der Waals surface area contributed by atoms with Crippen LogP contribution in [-0.4, -0.2) is 49.7 Å². The van der Waals surface area contributed by atoms with E-state index in [0.29, 0.717) is 30.4 Å². The minimum atomic E-state index is 0.0223. The summed E-state index contributed by atoms with van der Waals surface area (Å²) in [4.78, 5) is 22.4. The second-order valence-corrected chi connectivity index (χ2v) is 5.32. The van der Waals surface area contributed by atoms with E-state index in [9.17, 15) is 4.79 Å². The molecular weight excluding hydrogens is 270 g/mol. The topological polar surface area (TPSA) is 102 Å². The Morgan fingerprint density at radius 1 is 1.48 bits per heavy atom. The van der Waals surface area contributed by atoms with Crippen molar-refractivity contribution in [2.24, 2.45) is 7.05 Å². The normalized spacial score (nSPS) is 18.7. The van der Waals surface area contributed by atoms with E-state index in [-0.39, 0.29) is 11.9 Å². The summed E-state index contributed by atoms with van der Waals surface area (Å²) >= 11 is 0. The molecule has 1 aliphatic rings. The van der Waals surface area contributed by atoms with E-state index in [4.69, 9.17) is 5.73 Å². The van der Waals surface area contributed by atoms with Gasteiger partial charge in [-0.1, -0.05) is 6.92 Å². The van der Waals surface area contributed by atoms with Crippen molar-refractivity contribution in [2.75, 3.05) is 24.1 Å². The number of fused-ring (bicyclic) bond motifs is 1. The highest BCUT2D eigenvalue weighted by Gasteiger charge is 2.29. The highest BCUT2D eigenvalue weighted by atomic mass is 16.2. The smallest absolute Gasteiger partial charge is 0.227 e. The standard InChI is InChI=1S/C13H19N7O/c1-3-4-20-7-8(5-10(20)21)16-13-17-11(14)9-6-15-19(2)12(9)18-13/h6,8H,3-5,7H2,1-2H3,(H3,14,16,17,18)/t8-/m0/s1. The van der Waals surface area contributed by atoms with Crippen LogP contribution in [0.3, 0.4) is 0 Å². The molecular formula is C13H19N7O. The first-order valence-corrected chi connectivity index (χ1v) is 7.08. The molecule has 1 aliphatic heterocycles. The van der Waals surface area contributed by atoms with E-state index in [1.54, 1.807) is 17.9 Å². The van der Waals surface area contributed by atoms with Crippen LogP contribution in [-0.2, 0) is 11.8 Å². The van der Waals surface area contributed by atoms with Gasteiger partial charge < -0.3 is 16.0 Å². The van der Waals surface area contributed by atoms with Crippen molar-refractivity contribution >= 4 is 28.7 Å². The molecule has 2 aromatic heterocycles. The van der Waals surface area contributed by atoms with E-state index in [1.165, 1.54) is 0 Å². The van der Waals surface area contributed by atoms with E-state index >= 15 is 0 Å². The number of likely N-dealkylation sites (tertiary alicyclic amines) is 1. The summed E-state index contributed by atoms with van der Waals surface area (Å²) in [6.45, 7) is 3.54. The van der Waals surface area contributed by atoms with Crippen LogP contribution in [0.15, 0.2) is 6.20 Å². The van der Waals surface area contributed by atoms with Gasteiger partial charge in [-0.2, -0.15) is 15.1 Å². The maximum Gasteiger partial charge on any atom is 0.227 e. The summed E-state index contributed by atoms with van der Waals surface area (Å²) in [6, 6.07) is 0.0223. The van der Waals surface area contributed by atoms with Crippen LogP contribution in [0.5, 0.6) is 0 Å². The predicted molar refractivity (Wildman–Crippen MR) is 79.6 cm³/mol. The Balaban J connectivity index is 1.79. The number of carbonyl (C=O) groups is 1. The molecule has 1 amide bonds. The summed E-state index contributed by atoms with van der Waals surface area (Å²) in [5.74, 6) is 1.01. The molecule has 21 heavy (non-hydrogen) atoms. The van der Waals surface area contributed by atoms with Gasteiger partial charge in [-0.05, 0) is 6.42 Å². The first kappa shape index (κ1) is 13.6. The zero-order valence-electron chi connectivity index (χ0n) is 12.2. The van der Waals surface area contributed by atoms with Crippen LogP contribution >= 0.6 is 0 Å². The third-order valence-corrected chi connectivity index (χ3v) is 3.66. The number of amides is 1. The summed E-state index contributed by atoms with van der Waals surface area (Å²) < 4.78 is 1.65. The van der Waals surface area contributed by atoms with Crippen molar-refractivity contribution in [2.45, 2.75) is 25.8 Å². The van der Waals surface area contributed by atoms with Crippen molar-refractivity contribution in [1.29, 1.82) is 0 Å². The van der Waals surface area contributed by atoms with Crippen LogP contribution in [0, 0.1) is 0 Å². The Morgan fingerprint density at radius 3 is 3.05 bits per heavy atom. The maximum atomic E-state index is 11.9. The number of nitrogens with two attached hydrogens (primary N) is 1. The van der Waals surface area contributed by atoms with E-state index in [1.807, 2.05) is 4.90 Å². The molecule has 0 spiro atoms. The van der Waals surface area contributed by atoms with Gasteiger partial charge >= 0.3 is 0 Å². The number of hydrogen-bond donors (Lipinski definition) is 2. The van der Waals surface area contributed by atoms with Gasteiger partial charge in [0.15, 0.2) is 5.65 Å². The molecule has 3 rings (SSSR count). The van der Waals surface area contributed by atoms with Crippen LogP contribution in [0.2, 0.25) is 0 Å². The van der Waals surface area contributed by atoms with Gasteiger partial charge in [0.25, 0.3) is 0 Å². The monoisotopic (exact) mass is 289 g/mol. The van der Waals surface area contributed by atoms with Crippen molar-refractivity contribution < 1.29 is 4.79 Å². The lowest BCUT2D eigenvalue weighted by atomic mass is 10.2. The molecule has 0 unspecified atom stereocenters. The van der Waals surface area contributed by atoms with Gasteiger partial charge in [0.1, 0.15) is 5.82 Å². The Morgan fingerprint density at radius 2 is 2.29 bits per heavy atom. The maximum absolute atomic E-state index is 11.9. The Hall–Kier alpha value is -2.38. The van der Waals surface area contributed by atoms with Crippen molar-refractivity contribution in [3.63, 3.8) is 0 Å². The van der Waals surface area contributed by atoms with Gasteiger partial charge in [-0.3, -0.25) is 9.48 Å². The van der Waals surface area contributed by atoms with Crippen molar-refractivity contribution in [3.8, 4) is 0 Å². The molecule has 1 saturated heterocycles. The fourth-order valence-electron chi connectivity index (χ4n) is 2.65. The predicted octanol–water partition coefficient (Wildman–Crippen LogP) is 0.368. The lowest BCUT2D eigenvalue weighted by Crippen LogP contribution is -2.29. The molecule has 112 valence electrons. The largest absolute Gasteiger partial charge is 0.383 e. The van der Waals surface area contributed by atoms with Crippen molar-refractivity contribution in [3.05, 3.63) is 6.20 Å². The Labute approximate surface area is 122 Å². The van der Waals surface area contributed by atoms with E-state index < -0.39 is 0 Å². The molecule has 0 aliphatic carbocycles. The second kappa shape index (κ2) is 5.19. The first-order chi connectivity index (χ1) is 10.1. The molecule has 0 aromatic carbocycles. The van der Waals surface area contributed by atoms with Crippen LogP contribution in [0.4, 0.5) is 11.8 Å². The lowest BCUT2D eigenvalue weighted by Gasteiger charge is -2.16. The number of anilines is 2. The summed E-state index contributed by atoms with van der Waals surface area (Å²) in [5.41, 5.74) is 6.61. The molecule has 0 radical (unpaired) electrons. The molecule has 2 aromatic rings. The first-order valence-electron chi connectivity index (χ1n) is 7.08. The van der Waals surface area contributed by atoms with Gasteiger partial charge in [-0.25, -0.2) is 0 Å². The van der Waals surface area contributed by atoms with Crippen LogP contribution in [0.1, 0.15) is 19.8 Å². The molecule has 3 N–H and O–H groups in total. The van der Waals surface area contributed by atoms with Gasteiger partial charge in [0.05, 0.1) is 17.6 Å². The quantitative estimate of drug-likeness (QED) is 0.843. The second-order valence-electron chi connectivity index (χ2n) is 5.32. The molecule has 0 saturated carbocycles. The lowest BCUT2D eigenvalue weighted by molar-refractivity contribution is -0.127. The Bertz CT molecular complexity index is 680. The fourth-order valence-corrected chi connectivity index (χ4v) is 2.65. The van der Waals surface area contributed by atoms with Crippen LogP contribution in [0.25, 0.3) is 11.0 Å². The van der Waals surface area contributed by atoms with Crippen LogP contribution < -0.4 is 11.1 Å². The average molecular weight is 289 g/mol. The molecule has 0 bridgehead atoms. The molecule has 8 nitrogen and oxygen atoms in total. The number of nitrogens with zero attached hydrogens (tertiary/aromatic N) is 5. The number of nitrogens with one attached hydrogen (secondary N) is 1. The number of aryl methyl sites for hydroxylation is 1. The third kappa shape index (κ3) is 2.48. The minimum absolute atomic E-state index is 0.0223. The molecule has 1 fully saturated rings. The molecule has 3 heterocycles. The summed E-state index contributed by atoms with van der Waals surface area (Å²) in [5, 5.41) is 8.06. The van der Waals surface area contributed by atoms with E-state index in [0.717, 1.165) is 18.4 Å². The minimum Gasteiger partial charge on any atom is -0.383 e. The summed E-state index contributed by atoms with van der Waals surface area (Å²) in [7, 11) is 1.81. The number of rotatable bonds is 4. The molecule has 8 heteroatoms. The van der Waals surface area contributed by atoms with Gasteiger partial charge in [0.2, 0.25) is 11.9 Å². The highest BCUT2D eigenvalue weighted by Crippen LogP contribution is 2.20. The average Bonchev–Trinajstić information content (AvgIpc) is 2.96. The van der Waals surface area contributed by atoms with Gasteiger partial charge in [-0.15, -0.1) is 0 Å². The van der Waals surface area contributed by atoms with E-state index in [2.05, 4.69) is 27.3 Å². The van der Waals surface area contributed by atoms with Crippen molar-refractivity contribution in [1.82, 2.24) is 24.6 Å². The number of aromatic nitrogens is 4. The number of carbonyl (C=O) groups excluding carboxylic acids is 1. The number of hydrogen-bond acceptors (Lipinski definition) is 6. The zero-order valence-corrected chi connectivity index (χ0v) is 12.2. The Kier molecular flexibility index (Phi) is 3.36. The SMILES string of the molecule is CCCN1C[C@@H](Nc2nc(N)c3cnn(C)c3n2)CC1=O. The fraction of sp³-hybridized carbons (Fsp3) is 0.538. The van der Waals surface area contributed by atoms with Gasteiger partial charge in [0, 0.05) is 26.6 Å². The molecule has 1 atom stereocenters. The zero-order chi connectivity index (χ0) is 15.0. The third-order valence-electron chi connectivity index (χ3n) is 3.66. The highest BCUT2D eigenvalue weighted by molar-refractivity contribution is 5.86. The number of nitrogen functional groups attached to an aromatic ring is 1. The summed E-state index contributed by atoms with van der Waals surface area (Å²) in [6.07, 6.45) is 3.08.